The van der Waals surface area contributed by atoms with Gasteiger partial charge in [0, 0.05) is 20.1 Å². The first-order chi connectivity index (χ1) is 5.55. The predicted octanol–water partition coefficient (Wildman–Crippen LogP) is -1.15. The summed E-state index contributed by atoms with van der Waals surface area (Å²) in [5.41, 5.74) is -0.597. The van der Waals surface area contributed by atoms with Crippen LogP contribution in [0.5, 0.6) is 0 Å². The van der Waals surface area contributed by atoms with Crippen molar-refractivity contribution in [2.24, 2.45) is 0 Å². The molecule has 5 heteroatoms. The van der Waals surface area contributed by atoms with Gasteiger partial charge in [-0.3, -0.25) is 9.69 Å². The zero-order chi connectivity index (χ0) is 8.93. The van der Waals surface area contributed by atoms with Crippen LogP contribution in [0.1, 0.15) is 0 Å². The fourth-order valence-electron chi connectivity index (χ4n) is 1.84. The van der Waals surface area contributed by atoms with Crippen LogP contribution in [0, 0.1) is 0 Å². The van der Waals surface area contributed by atoms with Crippen LogP contribution in [0.4, 0.5) is 4.79 Å². The first-order valence-corrected chi connectivity index (χ1v) is 3.84. The summed E-state index contributed by atoms with van der Waals surface area (Å²) < 4.78 is 0. The summed E-state index contributed by atoms with van der Waals surface area (Å²) in [5.74, 6) is -0.106. The first-order valence-electron chi connectivity index (χ1n) is 3.84. The van der Waals surface area contributed by atoms with Crippen molar-refractivity contribution in [1.82, 2.24) is 15.1 Å². The second-order valence-corrected chi connectivity index (χ2v) is 3.55. The molecule has 2 rings (SSSR count). The quantitative estimate of drug-likeness (QED) is 0.466. The third-order valence-electron chi connectivity index (χ3n) is 2.44. The van der Waals surface area contributed by atoms with Crippen LogP contribution in [-0.4, -0.2) is 54.5 Å². The van der Waals surface area contributed by atoms with Crippen molar-refractivity contribution in [1.29, 1.82) is 0 Å². The monoisotopic (exact) mass is 169 g/mol. The van der Waals surface area contributed by atoms with Crippen LogP contribution < -0.4 is 5.32 Å². The highest BCUT2D eigenvalue weighted by Crippen LogP contribution is 2.25. The van der Waals surface area contributed by atoms with Gasteiger partial charge in [0.05, 0.1) is 0 Å². The number of likely N-dealkylation sites (N-methyl/N-ethyl adjacent to an activating group) is 2. The number of likely N-dealkylation sites (tertiary alicyclic amines) is 1. The smallest absolute Gasteiger partial charge is 0.321 e. The summed E-state index contributed by atoms with van der Waals surface area (Å²) in [6.45, 7) is 1.25. The number of nitrogens with one attached hydrogen (secondary N) is 1. The molecule has 0 bridgehead atoms. The Morgan fingerprint density at radius 1 is 1.33 bits per heavy atom. The Labute approximate surface area is 70.3 Å². The minimum absolute atomic E-state index is 0.106. The maximum atomic E-state index is 11.5. The number of amides is 3. The van der Waals surface area contributed by atoms with Gasteiger partial charge >= 0.3 is 6.03 Å². The molecule has 2 saturated heterocycles. The largest absolute Gasteiger partial charge is 0.324 e. The van der Waals surface area contributed by atoms with Gasteiger partial charge in [-0.25, -0.2) is 4.79 Å². The first kappa shape index (κ1) is 7.54. The fraction of sp³-hybridized carbons (Fsp3) is 0.714. The van der Waals surface area contributed by atoms with Gasteiger partial charge in [0.25, 0.3) is 5.91 Å². The molecule has 2 heterocycles. The molecular formula is C7H11N3O2. The number of carbonyl (C=O) groups is 2. The van der Waals surface area contributed by atoms with E-state index in [9.17, 15) is 9.59 Å². The van der Waals surface area contributed by atoms with Gasteiger partial charge in [-0.1, -0.05) is 0 Å². The second-order valence-electron chi connectivity index (χ2n) is 3.55. The molecule has 1 N–H and O–H groups in total. The second kappa shape index (κ2) is 1.98. The zero-order valence-corrected chi connectivity index (χ0v) is 7.13. The van der Waals surface area contributed by atoms with Crippen molar-refractivity contribution in [3.8, 4) is 0 Å². The lowest BCUT2D eigenvalue weighted by molar-refractivity contribution is -0.135. The van der Waals surface area contributed by atoms with Crippen LogP contribution in [0.15, 0.2) is 0 Å². The van der Waals surface area contributed by atoms with Gasteiger partial charge < -0.3 is 10.2 Å². The highest BCUT2D eigenvalue weighted by molar-refractivity contribution is 6.07. The Morgan fingerprint density at radius 2 is 1.92 bits per heavy atom. The van der Waals surface area contributed by atoms with Gasteiger partial charge in [-0.2, -0.15) is 0 Å². The highest BCUT2D eigenvalue weighted by Gasteiger charge is 2.56. The lowest BCUT2D eigenvalue weighted by atomic mass is 9.91. The molecule has 12 heavy (non-hydrogen) atoms. The summed E-state index contributed by atoms with van der Waals surface area (Å²) >= 11 is 0. The van der Waals surface area contributed by atoms with Crippen LogP contribution >= 0.6 is 0 Å². The molecule has 2 aliphatic heterocycles. The summed E-state index contributed by atoms with van der Waals surface area (Å²) in [4.78, 5) is 25.7. The van der Waals surface area contributed by atoms with E-state index >= 15 is 0 Å². The molecule has 1 spiro atoms. The van der Waals surface area contributed by atoms with E-state index in [4.69, 9.17) is 0 Å². The van der Waals surface area contributed by atoms with E-state index in [-0.39, 0.29) is 11.9 Å². The van der Waals surface area contributed by atoms with E-state index in [1.165, 1.54) is 7.05 Å². The summed E-state index contributed by atoms with van der Waals surface area (Å²) in [6.07, 6.45) is 0. The predicted molar refractivity (Wildman–Crippen MR) is 41.5 cm³/mol. The Morgan fingerprint density at radius 3 is 2.25 bits per heavy atom. The van der Waals surface area contributed by atoms with Gasteiger partial charge in [0.15, 0.2) is 0 Å². The van der Waals surface area contributed by atoms with Crippen molar-refractivity contribution >= 4 is 11.9 Å². The molecule has 0 aliphatic carbocycles. The average Bonchev–Trinajstić information content (AvgIpc) is 2.15. The molecule has 3 amide bonds. The van der Waals surface area contributed by atoms with Gasteiger partial charge in [0.1, 0.15) is 5.54 Å². The fourth-order valence-corrected chi connectivity index (χ4v) is 1.84. The van der Waals surface area contributed by atoms with Crippen LogP contribution in [0.2, 0.25) is 0 Å². The standard InChI is InChI=1S/C7H11N3O2/c1-9-3-7(4-9)5(11)10(2)6(12)8-7/h3-4H2,1-2H3,(H,8,12). The number of rotatable bonds is 0. The molecule has 0 unspecified atom stereocenters. The molecular weight excluding hydrogens is 158 g/mol. The van der Waals surface area contributed by atoms with Crippen LogP contribution in [0.3, 0.4) is 0 Å². The SMILES string of the molecule is CN1CC2(C1)NC(=O)N(C)C2=O. The number of hydrogen-bond donors (Lipinski definition) is 1. The molecule has 0 aromatic rings. The zero-order valence-electron chi connectivity index (χ0n) is 7.13. The summed E-state index contributed by atoms with van der Waals surface area (Å²) in [7, 11) is 3.42. The molecule has 0 aromatic heterocycles. The lowest BCUT2D eigenvalue weighted by Gasteiger charge is -2.43. The molecule has 0 atom stereocenters. The number of urea groups is 1. The summed E-state index contributed by atoms with van der Waals surface area (Å²) in [5, 5.41) is 2.69. The maximum Gasteiger partial charge on any atom is 0.324 e. The Bertz CT molecular complexity index is 257. The van der Waals surface area contributed by atoms with E-state index in [1.807, 2.05) is 11.9 Å². The Hall–Kier alpha value is -1.10. The molecule has 66 valence electrons. The molecule has 0 aromatic carbocycles. The van der Waals surface area contributed by atoms with Crippen molar-refractivity contribution in [3.05, 3.63) is 0 Å². The number of imide groups is 1. The van der Waals surface area contributed by atoms with Crippen molar-refractivity contribution < 1.29 is 9.59 Å². The lowest BCUT2D eigenvalue weighted by Crippen LogP contribution is -2.69. The number of hydrogen-bond acceptors (Lipinski definition) is 3. The van der Waals surface area contributed by atoms with E-state index in [0.717, 1.165) is 4.90 Å². The van der Waals surface area contributed by atoms with Gasteiger partial charge in [-0.15, -0.1) is 0 Å². The molecule has 2 fully saturated rings. The summed E-state index contributed by atoms with van der Waals surface area (Å²) in [6, 6.07) is -0.284. The molecule has 0 saturated carbocycles. The topological polar surface area (TPSA) is 52.7 Å². The van der Waals surface area contributed by atoms with E-state index in [1.54, 1.807) is 0 Å². The minimum atomic E-state index is -0.597. The normalized spacial score (nSPS) is 27.7. The number of carbonyl (C=O) groups excluding carboxylic acids is 2. The van der Waals surface area contributed by atoms with Crippen molar-refractivity contribution in [2.45, 2.75) is 5.54 Å². The van der Waals surface area contributed by atoms with Crippen molar-refractivity contribution in [2.75, 3.05) is 27.2 Å². The Balaban J connectivity index is 2.21. The van der Waals surface area contributed by atoms with Gasteiger partial charge in [0.2, 0.25) is 0 Å². The van der Waals surface area contributed by atoms with E-state index < -0.39 is 5.54 Å². The highest BCUT2D eigenvalue weighted by atomic mass is 16.2. The molecule has 2 aliphatic rings. The van der Waals surface area contributed by atoms with E-state index in [2.05, 4.69) is 5.32 Å². The maximum absolute atomic E-state index is 11.5. The average molecular weight is 169 g/mol. The third-order valence-corrected chi connectivity index (χ3v) is 2.44. The van der Waals surface area contributed by atoms with E-state index in [0.29, 0.717) is 13.1 Å². The van der Waals surface area contributed by atoms with Crippen molar-refractivity contribution in [3.63, 3.8) is 0 Å². The minimum Gasteiger partial charge on any atom is -0.321 e. The molecule has 5 nitrogen and oxygen atoms in total. The third kappa shape index (κ3) is 0.714. The number of nitrogens with zero attached hydrogens (tertiary/aromatic N) is 2. The van der Waals surface area contributed by atoms with Crippen LogP contribution in [0.25, 0.3) is 0 Å². The Kier molecular flexibility index (Phi) is 1.24. The molecule has 0 radical (unpaired) electrons. The van der Waals surface area contributed by atoms with Gasteiger partial charge in [-0.05, 0) is 7.05 Å². The van der Waals surface area contributed by atoms with Crippen LogP contribution in [-0.2, 0) is 4.79 Å².